The summed E-state index contributed by atoms with van der Waals surface area (Å²) in [5.74, 6) is 1.76. The maximum Gasteiger partial charge on any atom is 0.191 e. The van der Waals surface area contributed by atoms with E-state index in [0.717, 1.165) is 36.8 Å². The van der Waals surface area contributed by atoms with E-state index in [9.17, 15) is 0 Å². The van der Waals surface area contributed by atoms with Crippen molar-refractivity contribution >= 4 is 5.96 Å². The lowest BCUT2D eigenvalue weighted by molar-refractivity contribution is 0.320. The minimum Gasteiger partial charge on any atom is -0.491 e. The van der Waals surface area contributed by atoms with E-state index in [1.165, 1.54) is 0 Å². The summed E-state index contributed by atoms with van der Waals surface area (Å²) in [5, 5.41) is 6.42. The van der Waals surface area contributed by atoms with Crippen LogP contribution in [-0.4, -0.2) is 32.7 Å². The van der Waals surface area contributed by atoms with Crippen LogP contribution in [0.5, 0.6) is 5.75 Å². The number of aliphatic imine (C=N–C) groups is 1. The number of guanidine groups is 1. The molecule has 0 aliphatic carbocycles. The van der Waals surface area contributed by atoms with Crippen molar-refractivity contribution in [3.05, 3.63) is 29.8 Å². The summed E-state index contributed by atoms with van der Waals surface area (Å²) in [6, 6.07) is 8.03. The first-order valence-electron chi connectivity index (χ1n) is 6.41. The molecule has 0 spiro atoms. The van der Waals surface area contributed by atoms with Gasteiger partial charge in [0.1, 0.15) is 12.4 Å². The molecule has 0 saturated heterocycles. The Kier molecular flexibility index (Phi) is 6.69. The molecule has 0 saturated carbocycles. The quantitative estimate of drug-likeness (QED) is 0.460. The van der Waals surface area contributed by atoms with Gasteiger partial charge in [0.25, 0.3) is 0 Å². The van der Waals surface area contributed by atoms with Crippen LogP contribution < -0.4 is 15.4 Å². The zero-order chi connectivity index (χ0) is 13.2. The van der Waals surface area contributed by atoms with Crippen LogP contribution in [0.25, 0.3) is 0 Å². The molecule has 4 heteroatoms. The molecule has 1 aromatic carbocycles. The Hall–Kier alpha value is -1.71. The monoisotopic (exact) mass is 249 g/mol. The van der Waals surface area contributed by atoms with Crippen LogP contribution in [0.15, 0.2) is 29.3 Å². The van der Waals surface area contributed by atoms with Gasteiger partial charge < -0.3 is 15.4 Å². The van der Waals surface area contributed by atoms with Gasteiger partial charge in [-0.1, -0.05) is 25.1 Å². The fourth-order valence-electron chi connectivity index (χ4n) is 1.51. The van der Waals surface area contributed by atoms with Gasteiger partial charge in [-0.25, -0.2) is 0 Å². The zero-order valence-corrected chi connectivity index (χ0v) is 11.5. The number of rotatable bonds is 6. The smallest absolute Gasteiger partial charge is 0.191 e. The second kappa shape index (κ2) is 8.39. The summed E-state index contributed by atoms with van der Waals surface area (Å²) >= 11 is 0. The Morgan fingerprint density at radius 3 is 2.61 bits per heavy atom. The topological polar surface area (TPSA) is 45.7 Å². The third-order valence-electron chi connectivity index (χ3n) is 2.51. The average Bonchev–Trinajstić information content (AvgIpc) is 2.40. The van der Waals surface area contributed by atoms with E-state index < -0.39 is 0 Å². The van der Waals surface area contributed by atoms with Gasteiger partial charge in [-0.3, -0.25) is 4.99 Å². The first kappa shape index (κ1) is 14.4. The number of para-hydroxylation sites is 1. The fourth-order valence-corrected chi connectivity index (χ4v) is 1.51. The molecule has 0 aliphatic heterocycles. The van der Waals surface area contributed by atoms with Crippen molar-refractivity contribution in [1.29, 1.82) is 0 Å². The molecule has 0 aliphatic rings. The van der Waals surface area contributed by atoms with E-state index in [-0.39, 0.29) is 0 Å². The molecule has 1 rings (SSSR count). The number of nitrogens with one attached hydrogen (secondary N) is 2. The van der Waals surface area contributed by atoms with Gasteiger partial charge in [-0.05, 0) is 25.0 Å². The molecule has 0 heterocycles. The number of hydrogen-bond acceptors (Lipinski definition) is 2. The largest absolute Gasteiger partial charge is 0.491 e. The summed E-state index contributed by atoms with van der Waals surface area (Å²) in [6.45, 7) is 6.46. The fraction of sp³-hybridized carbons (Fsp3) is 0.500. The van der Waals surface area contributed by atoms with Gasteiger partial charge in [-0.15, -0.1) is 0 Å². The molecule has 0 radical (unpaired) electrons. The molecule has 0 fully saturated rings. The lowest BCUT2D eigenvalue weighted by atomic mass is 10.2. The molecule has 18 heavy (non-hydrogen) atoms. The van der Waals surface area contributed by atoms with E-state index in [1.807, 2.05) is 31.2 Å². The maximum atomic E-state index is 5.69. The number of hydrogen-bond donors (Lipinski definition) is 2. The average molecular weight is 249 g/mol. The molecule has 100 valence electrons. The Labute approximate surface area is 109 Å². The summed E-state index contributed by atoms with van der Waals surface area (Å²) < 4.78 is 5.69. The summed E-state index contributed by atoms with van der Waals surface area (Å²) in [4.78, 5) is 4.13. The highest BCUT2D eigenvalue weighted by Gasteiger charge is 1.98. The van der Waals surface area contributed by atoms with Crippen LogP contribution in [0.4, 0.5) is 0 Å². The SMILES string of the molecule is CCCNC(=NC)NCCOc1ccccc1C. The molecule has 0 amide bonds. The minimum atomic E-state index is 0.623. The van der Waals surface area contributed by atoms with Crippen LogP contribution in [0.1, 0.15) is 18.9 Å². The normalized spacial score (nSPS) is 11.2. The molecule has 0 aromatic heterocycles. The first-order chi connectivity index (χ1) is 8.77. The van der Waals surface area contributed by atoms with Gasteiger partial charge in [0.15, 0.2) is 5.96 Å². The number of aryl methyl sites for hydroxylation is 1. The van der Waals surface area contributed by atoms with Crippen molar-refractivity contribution in [2.75, 3.05) is 26.7 Å². The lowest BCUT2D eigenvalue weighted by Crippen LogP contribution is -2.39. The standard InChI is InChI=1S/C14H23N3O/c1-4-9-16-14(15-3)17-10-11-18-13-8-6-5-7-12(13)2/h5-8H,4,9-11H2,1-3H3,(H2,15,16,17). The van der Waals surface area contributed by atoms with Crippen molar-refractivity contribution in [3.8, 4) is 5.75 Å². The van der Waals surface area contributed by atoms with Gasteiger partial charge in [0.05, 0.1) is 6.54 Å². The van der Waals surface area contributed by atoms with Crippen molar-refractivity contribution in [2.45, 2.75) is 20.3 Å². The lowest BCUT2D eigenvalue weighted by Gasteiger charge is -2.12. The van der Waals surface area contributed by atoms with Crippen LogP contribution >= 0.6 is 0 Å². The summed E-state index contributed by atoms with van der Waals surface area (Å²) in [5.41, 5.74) is 1.16. The first-order valence-corrected chi connectivity index (χ1v) is 6.41. The van der Waals surface area contributed by atoms with Crippen LogP contribution in [0.2, 0.25) is 0 Å². The van der Waals surface area contributed by atoms with Crippen molar-refractivity contribution in [1.82, 2.24) is 10.6 Å². The highest BCUT2D eigenvalue weighted by Crippen LogP contribution is 2.15. The molecule has 4 nitrogen and oxygen atoms in total. The highest BCUT2D eigenvalue weighted by atomic mass is 16.5. The van der Waals surface area contributed by atoms with Crippen molar-refractivity contribution < 1.29 is 4.74 Å². The zero-order valence-electron chi connectivity index (χ0n) is 11.5. The summed E-state index contributed by atoms with van der Waals surface area (Å²) in [6.07, 6.45) is 1.08. The van der Waals surface area contributed by atoms with Gasteiger partial charge in [-0.2, -0.15) is 0 Å². The van der Waals surface area contributed by atoms with Crippen molar-refractivity contribution in [2.24, 2.45) is 4.99 Å². The van der Waals surface area contributed by atoms with E-state index in [2.05, 4.69) is 22.5 Å². The van der Waals surface area contributed by atoms with E-state index in [4.69, 9.17) is 4.74 Å². The van der Waals surface area contributed by atoms with Gasteiger partial charge >= 0.3 is 0 Å². The van der Waals surface area contributed by atoms with Crippen LogP contribution in [0.3, 0.4) is 0 Å². The Morgan fingerprint density at radius 2 is 1.94 bits per heavy atom. The van der Waals surface area contributed by atoms with E-state index in [0.29, 0.717) is 6.61 Å². The Morgan fingerprint density at radius 1 is 1.22 bits per heavy atom. The Bertz CT molecular complexity index is 377. The number of benzene rings is 1. The molecule has 1 aromatic rings. The second-order valence-corrected chi connectivity index (χ2v) is 4.04. The van der Waals surface area contributed by atoms with E-state index >= 15 is 0 Å². The predicted octanol–water partition coefficient (Wildman–Crippen LogP) is 1.95. The van der Waals surface area contributed by atoms with Crippen LogP contribution in [0, 0.1) is 6.92 Å². The van der Waals surface area contributed by atoms with E-state index in [1.54, 1.807) is 7.05 Å². The predicted molar refractivity (Wildman–Crippen MR) is 76.3 cm³/mol. The summed E-state index contributed by atoms with van der Waals surface area (Å²) in [7, 11) is 1.77. The molecular formula is C14H23N3O. The third-order valence-corrected chi connectivity index (χ3v) is 2.51. The molecule has 0 unspecified atom stereocenters. The minimum absolute atomic E-state index is 0.623. The molecule has 2 N–H and O–H groups in total. The second-order valence-electron chi connectivity index (χ2n) is 4.04. The molecule has 0 atom stereocenters. The van der Waals surface area contributed by atoms with Crippen molar-refractivity contribution in [3.63, 3.8) is 0 Å². The number of ether oxygens (including phenoxy) is 1. The Balaban J connectivity index is 2.24. The molecular weight excluding hydrogens is 226 g/mol. The maximum absolute atomic E-state index is 5.69. The third kappa shape index (κ3) is 5.08. The van der Waals surface area contributed by atoms with Crippen LogP contribution in [-0.2, 0) is 0 Å². The number of nitrogens with zero attached hydrogens (tertiary/aromatic N) is 1. The highest BCUT2D eigenvalue weighted by molar-refractivity contribution is 5.79. The van der Waals surface area contributed by atoms with Gasteiger partial charge in [0.2, 0.25) is 0 Å². The molecule has 0 bridgehead atoms. The van der Waals surface area contributed by atoms with Gasteiger partial charge in [0, 0.05) is 13.6 Å².